The van der Waals surface area contributed by atoms with Crippen LogP contribution in [0.5, 0.6) is 0 Å². The second-order valence-corrected chi connectivity index (χ2v) is 8.80. The third-order valence-corrected chi connectivity index (χ3v) is 6.75. The summed E-state index contributed by atoms with van der Waals surface area (Å²) in [6.07, 6.45) is -3.76. The number of anilines is 2. The molecule has 0 radical (unpaired) electrons. The van der Waals surface area contributed by atoms with Crippen LogP contribution < -0.4 is 10.6 Å². The lowest BCUT2D eigenvalue weighted by atomic mass is 9.95. The number of likely N-dealkylation sites (tertiary alicyclic amines) is 1. The Morgan fingerprint density at radius 2 is 1.78 bits per heavy atom. The van der Waals surface area contributed by atoms with Crippen LogP contribution in [0, 0.1) is 5.92 Å². The maximum atomic E-state index is 12.9. The second kappa shape index (κ2) is 8.85. The molecule has 0 aliphatic carbocycles. The van der Waals surface area contributed by atoms with Gasteiger partial charge in [-0.1, -0.05) is 18.2 Å². The van der Waals surface area contributed by atoms with Gasteiger partial charge >= 0.3 is 6.18 Å². The lowest BCUT2D eigenvalue weighted by molar-refractivity contribution is -0.137. The molecule has 2 aromatic carbocycles. The molecule has 1 fully saturated rings. The zero-order valence-electron chi connectivity index (χ0n) is 16.8. The minimum Gasteiger partial charge on any atom is -0.341 e. The van der Waals surface area contributed by atoms with Crippen LogP contribution in [0.15, 0.2) is 53.4 Å². The zero-order chi connectivity index (χ0) is 22.9. The lowest BCUT2D eigenvalue weighted by Crippen LogP contribution is -2.48. The van der Waals surface area contributed by atoms with Crippen molar-refractivity contribution >= 4 is 40.9 Å². The predicted molar refractivity (Wildman–Crippen MR) is 114 cm³/mol. The molecule has 6 nitrogen and oxygen atoms in total. The van der Waals surface area contributed by atoms with E-state index in [1.165, 1.54) is 23.9 Å². The standard InChI is InChI=1S/C22H20F3N3O3S/c23-22(24,25)14-4-3-5-15(12-14)26-19(29)13-8-10-28(11-9-13)21(31)18-20(30)27-16-6-1-2-7-17(16)32-18/h1-7,12-13,18H,8-11H2,(H,26,29)(H,27,30)/t18-/m1/s1. The Morgan fingerprint density at radius 3 is 2.50 bits per heavy atom. The van der Waals surface area contributed by atoms with Crippen LogP contribution >= 0.6 is 11.8 Å². The summed E-state index contributed by atoms with van der Waals surface area (Å²) >= 11 is 1.20. The molecule has 3 amide bonds. The summed E-state index contributed by atoms with van der Waals surface area (Å²) in [6.45, 7) is 0.594. The molecular weight excluding hydrogens is 443 g/mol. The molecule has 0 bridgehead atoms. The Balaban J connectivity index is 1.34. The predicted octanol–water partition coefficient (Wildman–Crippen LogP) is 4.00. The summed E-state index contributed by atoms with van der Waals surface area (Å²) in [6, 6.07) is 11.7. The summed E-state index contributed by atoms with van der Waals surface area (Å²) < 4.78 is 38.6. The third kappa shape index (κ3) is 4.74. The zero-order valence-corrected chi connectivity index (χ0v) is 17.6. The third-order valence-electron chi connectivity index (χ3n) is 5.49. The minimum absolute atomic E-state index is 0.0808. The molecule has 2 aromatic rings. The molecule has 2 aliphatic rings. The summed E-state index contributed by atoms with van der Waals surface area (Å²) in [7, 11) is 0. The average Bonchev–Trinajstić information content (AvgIpc) is 2.78. The second-order valence-electron chi connectivity index (χ2n) is 7.65. The van der Waals surface area contributed by atoms with Gasteiger partial charge < -0.3 is 15.5 Å². The van der Waals surface area contributed by atoms with E-state index in [1.54, 1.807) is 17.0 Å². The van der Waals surface area contributed by atoms with Gasteiger partial charge in [0.05, 0.1) is 11.3 Å². The topological polar surface area (TPSA) is 78.5 Å². The van der Waals surface area contributed by atoms with Crippen molar-refractivity contribution in [2.75, 3.05) is 23.7 Å². The van der Waals surface area contributed by atoms with Crippen LogP contribution in [0.1, 0.15) is 18.4 Å². The highest BCUT2D eigenvalue weighted by Gasteiger charge is 2.38. The van der Waals surface area contributed by atoms with Crippen molar-refractivity contribution in [3.8, 4) is 0 Å². The van der Waals surface area contributed by atoms with Crippen molar-refractivity contribution in [3.63, 3.8) is 0 Å². The van der Waals surface area contributed by atoms with Gasteiger partial charge in [0.2, 0.25) is 17.7 Å². The summed E-state index contributed by atoms with van der Waals surface area (Å²) in [5.41, 5.74) is -0.0747. The van der Waals surface area contributed by atoms with Crippen molar-refractivity contribution in [1.82, 2.24) is 4.90 Å². The highest BCUT2D eigenvalue weighted by molar-refractivity contribution is 8.01. The van der Waals surface area contributed by atoms with Gasteiger partial charge in [-0.25, -0.2) is 0 Å². The number of fused-ring (bicyclic) bond motifs is 1. The molecule has 1 saturated heterocycles. The highest BCUT2D eigenvalue weighted by atomic mass is 32.2. The number of carbonyl (C=O) groups is 3. The number of thioether (sulfide) groups is 1. The van der Waals surface area contributed by atoms with Crippen molar-refractivity contribution in [1.29, 1.82) is 0 Å². The van der Waals surface area contributed by atoms with E-state index in [0.29, 0.717) is 31.6 Å². The number of halogens is 3. The highest BCUT2D eigenvalue weighted by Crippen LogP contribution is 2.36. The SMILES string of the molecule is O=C(Nc1cccc(C(F)(F)F)c1)C1CCN(C(=O)[C@@H]2Sc3ccccc3NC2=O)CC1. The molecular formula is C22H20F3N3O3S. The maximum Gasteiger partial charge on any atom is 0.416 e. The first-order chi connectivity index (χ1) is 15.2. The Hall–Kier alpha value is -3.01. The fourth-order valence-corrected chi connectivity index (χ4v) is 4.83. The van der Waals surface area contributed by atoms with Gasteiger partial charge in [0, 0.05) is 29.6 Å². The molecule has 0 spiro atoms. The first-order valence-electron chi connectivity index (χ1n) is 10.1. The molecule has 2 aliphatic heterocycles. The van der Waals surface area contributed by atoms with Crippen molar-refractivity contribution < 1.29 is 27.6 Å². The first-order valence-corrected chi connectivity index (χ1v) is 10.9. The molecule has 168 valence electrons. The van der Waals surface area contributed by atoms with Crippen LogP contribution in [0.3, 0.4) is 0 Å². The van der Waals surface area contributed by atoms with Gasteiger partial charge in [0.1, 0.15) is 0 Å². The molecule has 2 N–H and O–H groups in total. The number of benzene rings is 2. The number of piperidine rings is 1. The number of alkyl halides is 3. The van der Waals surface area contributed by atoms with E-state index in [-0.39, 0.29) is 23.4 Å². The van der Waals surface area contributed by atoms with Gasteiger partial charge in [-0.2, -0.15) is 13.2 Å². The van der Waals surface area contributed by atoms with Crippen molar-refractivity contribution in [3.05, 3.63) is 54.1 Å². The molecule has 32 heavy (non-hydrogen) atoms. The van der Waals surface area contributed by atoms with E-state index in [0.717, 1.165) is 17.0 Å². The normalized spacial score (nSPS) is 19.2. The number of nitrogens with one attached hydrogen (secondary N) is 2. The van der Waals surface area contributed by atoms with Crippen LogP contribution in [0.4, 0.5) is 24.5 Å². The number of hydrogen-bond acceptors (Lipinski definition) is 4. The smallest absolute Gasteiger partial charge is 0.341 e. The van der Waals surface area contributed by atoms with Gasteiger partial charge in [0.25, 0.3) is 0 Å². The Labute approximate surface area is 186 Å². The molecule has 0 unspecified atom stereocenters. The van der Waals surface area contributed by atoms with Crippen LogP contribution in [-0.4, -0.2) is 41.0 Å². The average molecular weight is 463 g/mol. The monoisotopic (exact) mass is 463 g/mol. The van der Waals surface area contributed by atoms with E-state index >= 15 is 0 Å². The number of para-hydroxylation sites is 1. The van der Waals surface area contributed by atoms with Gasteiger partial charge in [-0.3, -0.25) is 14.4 Å². The molecule has 4 rings (SSSR count). The van der Waals surface area contributed by atoms with Crippen molar-refractivity contribution in [2.45, 2.75) is 29.2 Å². The Kier molecular flexibility index (Phi) is 6.14. The van der Waals surface area contributed by atoms with Gasteiger partial charge in [-0.15, -0.1) is 11.8 Å². The fourth-order valence-electron chi connectivity index (χ4n) is 3.76. The molecule has 0 aromatic heterocycles. The van der Waals surface area contributed by atoms with E-state index < -0.39 is 22.9 Å². The van der Waals surface area contributed by atoms with E-state index in [9.17, 15) is 27.6 Å². The fraction of sp³-hybridized carbons (Fsp3) is 0.318. The number of nitrogens with zero attached hydrogens (tertiary/aromatic N) is 1. The van der Waals surface area contributed by atoms with Crippen LogP contribution in [0.25, 0.3) is 0 Å². The van der Waals surface area contributed by atoms with E-state index in [2.05, 4.69) is 10.6 Å². The molecule has 1 atom stereocenters. The van der Waals surface area contributed by atoms with Gasteiger partial charge in [-0.05, 0) is 43.2 Å². The first kappa shape index (κ1) is 22.2. The number of carbonyl (C=O) groups excluding carboxylic acids is 3. The summed E-state index contributed by atoms with van der Waals surface area (Å²) in [5, 5.41) is 4.40. The molecule has 0 saturated carbocycles. The van der Waals surface area contributed by atoms with E-state index in [1.807, 2.05) is 12.1 Å². The number of amides is 3. The molecule has 2 heterocycles. The molecule has 10 heteroatoms. The van der Waals surface area contributed by atoms with Crippen molar-refractivity contribution in [2.24, 2.45) is 5.92 Å². The minimum atomic E-state index is -4.49. The number of rotatable bonds is 3. The van der Waals surface area contributed by atoms with E-state index in [4.69, 9.17) is 0 Å². The lowest BCUT2D eigenvalue weighted by Gasteiger charge is -2.34. The Morgan fingerprint density at radius 1 is 1.06 bits per heavy atom. The van der Waals surface area contributed by atoms with Crippen LogP contribution in [0.2, 0.25) is 0 Å². The number of hydrogen-bond donors (Lipinski definition) is 2. The summed E-state index contributed by atoms with van der Waals surface area (Å²) in [4.78, 5) is 40.2. The van der Waals surface area contributed by atoms with Gasteiger partial charge in [0.15, 0.2) is 5.25 Å². The maximum absolute atomic E-state index is 12.9. The largest absolute Gasteiger partial charge is 0.416 e. The van der Waals surface area contributed by atoms with Crippen LogP contribution in [-0.2, 0) is 20.6 Å². The Bertz CT molecular complexity index is 1050. The quantitative estimate of drug-likeness (QED) is 0.675. The summed E-state index contributed by atoms with van der Waals surface area (Å²) in [5.74, 6) is -1.49.